The minimum absolute atomic E-state index is 0.0131. The largest absolute Gasteiger partial charge is 0.418 e. The van der Waals surface area contributed by atoms with E-state index in [0.29, 0.717) is 25.5 Å². The van der Waals surface area contributed by atoms with E-state index in [1.54, 1.807) is 0 Å². The molecule has 0 bridgehead atoms. The normalized spacial score (nSPS) is 21.2. The number of hydrogen-bond acceptors (Lipinski definition) is 3. The lowest BCUT2D eigenvalue weighted by atomic mass is 10.2. The molecule has 6 heteroatoms. The summed E-state index contributed by atoms with van der Waals surface area (Å²) < 4.78 is 43.2. The van der Waals surface area contributed by atoms with Crippen molar-refractivity contribution < 1.29 is 17.9 Å². The monoisotopic (exact) mass is 260 g/mol. The van der Waals surface area contributed by atoms with E-state index in [1.165, 1.54) is 13.0 Å². The highest BCUT2D eigenvalue weighted by Crippen LogP contribution is 2.32. The third-order valence-electron chi connectivity index (χ3n) is 2.94. The Morgan fingerprint density at radius 2 is 2.11 bits per heavy atom. The van der Waals surface area contributed by atoms with Gasteiger partial charge < -0.3 is 9.64 Å². The van der Waals surface area contributed by atoms with Gasteiger partial charge in [0.2, 0.25) is 0 Å². The van der Waals surface area contributed by atoms with Crippen LogP contribution in [0, 0.1) is 6.92 Å². The lowest BCUT2D eigenvalue weighted by molar-refractivity contribution is -0.138. The van der Waals surface area contributed by atoms with Gasteiger partial charge in [0.05, 0.1) is 24.0 Å². The summed E-state index contributed by atoms with van der Waals surface area (Å²) in [7, 11) is 0. The van der Waals surface area contributed by atoms with E-state index in [2.05, 4.69) is 4.98 Å². The van der Waals surface area contributed by atoms with Gasteiger partial charge in [-0.25, -0.2) is 4.98 Å². The van der Waals surface area contributed by atoms with E-state index >= 15 is 0 Å². The molecule has 0 spiro atoms. The molecule has 0 amide bonds. The fraction of sp³-hybridized carbons (Fsp3) is 0.583. The smallest absolute Gasteiger partial charge is 0.375 e. The molecule has 1 unspecified atom stereocenters. The number of nitrogens with zero attached hydrogens (tertiary/aromatic N) is 2. The number of pyridine rings is 1. The number of anilines is 1. The lowest BCUT2D eigenvalue weighted by Crippen LogP contribution is -2.41. The lowest BCUT2D eigenvalue weighted by Gasteiger charge is -2.32. The van der Waals surface area contributed by atoms with E-state index in [9.17, 15) is 13.2 Å². The zero-order valence-electron chi connectivity index (χ0n) is 10.3. The van der Waals surface area contributed by atoms with Crippen LogP contribution < -0.4 is 4.90 Å². The van der Waals surface area contributed by atoms with Crippen molar-refractivity contribution in [2.45, 2.75) is 26.1 Å². The Balaban J connectivity index is 2.23. The van der Waals surface area contributed by atoms with Crippen LogP contribution in [0.2, 0.25) is 0 Å². The van der Waals surface area contributed by atoms with Crippen LogP contribution in [-0.4, -0.2) is 30.8 Å². The number of morpholine rings is 1. The molecule has 1 atom stereocenters. The van der Waals surface area contributed by atoms with Gasteiger partial charge in [0.15, 0.2) is 0 Å². The molecule has 0 radical (unpaired) electrons. The summed E-state index contributed by atoms with van der Waals surface area (Å²) >= 11 is 0. The van der Waals surface area contributed by atoms with E-state index in [-0.39, 0.29) is 11.8 Å². The van der Waals surface area contributed by atoms with Crippen molar-refractivity contribution in [1.82, 2.24) is 4.98 Å². The molecule has 1 saturated heterocycles. The average Bonchev–Trinajstić information content (AvgIpc) is 2.27. The van der Waals surface area contributed by atoms with Crippen molar-refractivity contribution in [3.8, 4) is 0 Å². The Hall–Kier alpha value is -1.30. The molecule has 3 nitrogen and oxygen atoms in total. The topological polar surface area (TPSA) is 25.4 Å². The highest BCUT2D eigenvalue weighted by Gasteiger charge is 2.33. The van der Waals surface area contributed by atoms with Crippen molar-refractivity contribution in [3.63, 3.8) is 0 Å². The van der Waals surface area contributed by atoms with Crippen molar-refractivity contribution in [3.05, 3.63) is 23.4 Å². The maximum Gasteiger partial charge on any atom is 0.418 e. The van der Waals surface area contributed by atoms with Crippen LogP contribution in [0.5, 0.6) is 0 Å². The van der Waals surface area contributed by atoms with E-state index in [1.807, 2.05) is 11.8 Å². The van der Waals surface area contributed by atoms with Gasteiger partial charge in [-0.3, -0.25) is 0 Å². The SMILES string of the molecule is Cc1nc(N2CCOC(C)C2)ccc1C(F)(F)F. The van der Waals surface area contributed by atoms with Crippen molar-refractivity contribution in [2.75, 3.05) is 24.6 Å². The predicted molar refractivity (Wildman–Crippen MR) is 61.6 cm³/mol. The maximum atomic E-state index is 12.6. The molecule has 1 aromatic rings. The fourth-order valence-electron chi connectivity index (χ4n) is 2.05. The van der Waals surface area contributed by atoms with Gasteiger partial charge in [-0.05, 0) is 26.0 Å². The van der Waals surface area contributed by atoms with Crippen molar-refractivity contribution >= 4 is 5.82 Å². The summed E-state index contributed by atoms with van der Waals surface area (Å²) in [5.41, 5.74) is -0.660. The molecule has 0 saturated carbocycles. The summed E-state index contributed by atoms with van der Waals surface area (Å²) in [6.07, 6.45) is -4.27. The summed E-state index contributed by atoms with van der Waals surface area (Å²) in [4.78, 5) is 5.99. The quantitative estimate of drug-likeness (QED) is 0.776. The molecular weight excluding hydrogens is 245 g/mol. The van der Waals surface area contributed by atoms with Crippen LogP contribution in [0.1, 0.15) is 18.2 Å². The molecule has 0 N–H and O–H groups in total. The van der Waals surface area contributed by atoms with Crippen LogP contribution in [0.3, 0.4) is 0 Å². The summed E-state index contributed by atoms with van der Waals surface area (Å²) in [6, 6.07) is 2.52. The van der Waals surface area contributed by atoms with Gasteiger partial charge in [0.1, 0.15) is 5.82 Å². The first-order valence-electron chi connectivity index (χ1n) is 5.79. The number of rotatable bonds is 1. The molecular formula is C12H15F3N2O. The van der Waals surface area contributed by atoms with Gasteiger partial charge >= 0.3 is 6.18 Å². The van der Waals surface area contributed by atoms with E-state index in [4.69, 9.17) is 4.74 Å². The number of aromatic nitrogens is 1. The minimum atomic E-state index is -4.34. The van der Waals surface area contributed by atoms with Gasteiger partial charge in [-0.2, -0.15) is 13.2 Å². The molecule has 1 aliphatic heterocycles. The minimum Gasteiger partial charge on any atom is -0.375 e. The Morgan fingerprint density at radius 1 is 1.39 bits per heavy atom. The zero-order chi connectivity index (χ0) is 13.3. The molecule has 2 heterocycles. The highest BCUT2D eigenvalue weighted by atomic mass is 19.4. The van der Waals surface area contributed by atoms with Gasteiger partial charge in [0.25, 0.3) is 0 Å². The Bertz CT molecular complexity index is 434. The van der Waals surface area contributed by atoms with Crippen molar-refractivity contribution in [2.24, 2.45) is 0 Å². The second-order valence-corrected chi connectivity index (χ2v) is 4.43. The molecule has 18 heavy (non-hydrogen) atoms. The highest BCUT2D eigenvalue weighted by molar-refractivity contribution is 5.42. The van der Waals surface area contributed by atoms with E-state index in [0.717, 1.165) is 6.07 Å². The second kappa shape index (κ2) is 4.76. The molecule has 1 aliphatic rings. The van der Waals surface area contributed by atoms with Crippen LogP contribution in [-0.2, 0) is 10.9 Å². The predicted octanol–water partition coefficient (Wildman–Crippen LogP) is 2.63. The van der Waals surface area contributed by atoms with Crippen LogP contribution in [0.15, 0.2) is 12.1 Å². The van der Waals surface area contributed by atoms with Gasteiger partial charge in [-0.15, -0.1) is 0 Å². The molecule has 0 aliphatic carbocycles. The molecule has 100 valence electrons. The Labute approximate surface area is 104 Å². The third-order valence-corrected chi connectivity index (χ3v) is 2.94. The van der Waals surface area contributed by atoms with Crippen LogP contribution in [0.4, 0.5) is 19.0 Å². The molecule has 0 aromatic carbocycles. The zero-order valence-corrected chi connectivity index (χ0v) is 10.3. The summed E-state index contributed by atoms with van der Waals surface area (Å²) in [6.45, 7) is 5.20. The number of alkyl halides is 3. The first-order chi connectivity index (χ1) is 8.38. The van der Waals surface area contributed by atoms with Gasteiger partial charge in [-0.1, -0.05) is 0 Å². The summed E-state index contributed by atoms with van der Waals surface area (Å²) in [5, 5.41) is 0. The number of aryl methyl sites for hydroxylation is 1. The first kappa shape index (κ1) is 13.1. The van der Waals surface area contributed by atoms with Crippen LogP contribution in [0.25, 0.3) is 0 Å². The Morgan fingerprint density at radius 3 is 2.67 bits per heavy atom. The second-order valence-electron chi connectivity index (χ2n) is 4.43. The molecule has 2 rings (SSSR count). The Kier molecular flexibility index (Phi) is 3.47. The first-order valence-corrected chi connectivity index (χ1v) is 5.79. The number of hydrogen-bond donors (Lipinski definition) is 0. The third kappa shape index (κ3) is 2.75. The average molecular weight is 260 g/mol. The fourth-order valence-corrected chi connectivity index (χ4v) is 2.05. The molecule has 1 aromatic heterocycles. The standard InChI is InChI=1S/C12H15F3N2O/c1-8-7-17(5-6-18-8)11-4-3-10(9(2)16-11)12(13,14)15/h3-4,8H,5-7H2,1-2H3. The van der Waals surface area contributed by atoms with Crippen molar-refractivity contribution in [1.29, 1.82) is 0 Å². The maximum absolute atomic E-state index is 12.6. The number of ether oxygens (including phenoxy) is 1. The van der Waals surface area contributed by atoms with E-state index < -0.39 is 11.7 Å². The molecule has 1 fully saturated rings. The summed E-state index contributed by atoms with van der Waals surface area (Å²) in [5.74, 6) is 0.579. The van der Waals surface area contributed by atoms with Crippen LogP contribution >= 0.6 is 0 Å². The van der Waals surface area contributed by atoms with Gasteiger partial charge in [0, 0.05) is 13.1 Å². The number of halogens is 3.